The molecule has 0 bridgehead atoms. The zero-order valence-corrected chi connectivity index (χ0v) is 10.8. The SMILES string of the molecule is CCC(C)(C#N)C(=O)Nc1ccc(F)c(C(F)(F)F)c1. The van der Waals surface area contributed by atoms with E-state index < -0.39 is 28.9 Å². The van der Waals surface area contributed by atoms with Crippen molar-refractivity contribution in [2.75, 3.05) is 5.32 Å². The van der Waals surface area contributed by atoms with Crippen LogP contribution in [0.25, 0.3) is 0 Å². The maximum absolute atomic E-state index is 13.1. The average molecular weight is 288 g/mol. The number of alkyl halides is 3. The summed E-state index contributed by atoms with van der Waals surface area (Å²) in [6, 6.07) is 3.93. The van der Waals surface area contributed by atoms with Gasteiger partial charge in [0.25, 0.3) is 0 Å². The van der Waals surface area contributed by atoms with E-state index in [1.807, 2.05) is 0 Å². The Morgan fingerprint density at radius 1 is 1.40 bits per heavy atom. The third-order valence-corrected chi connectivity index (χ3v) is 2.98. The fraction of sp³-hybridized carbons (Fsp3) is 0.385. The molecule has 1 amide bonds. The number of halogens is 4. The Morgan fingerprint density at radius 3 is 2.45 bits per heavy atom. The lowest BCUT2D eigenvalue weighted by atomic mass is 9.88. The first-order valence-electron chi connectivity index (χ1n) is 5.73. The maximum atomic E-state index is 13.1. The molecule has 1 rings (SSSR count). The quantitative estimate of drug-likeness (QED) is 0.862. The number of carbonyl (C=O) groups excluding carboxylic acids is 1. The highest BCUT2D eigenvalue weighted by Crippen LogP contribution is 2.33. The molecule has 3 nitrogen and oxygen atoms in total. The first-order valence-corrected chi connectivity index (χ1v) is 5.73. The number of benzene rings is 1. The van der Waals surface area contributed by atoms with E-state index in [-0.39, 0.29) is 12.1 Å². The Balaban J connectivity index is 3.07. The lowest BCUT2D eigenvalue weighted by Crippen LogP contribution is -2.31. The van der Waals surface area contributed by atoms with E-state index in [4.69, 9.17) is 5.26 Å². The van der Waals surface area contributed by atoms with Crippen molar-refractivity contribution in [3.8, 4) is 6.07 Å². The molecule has 0 heterocycles. The van der Waals surface area contributed by atoms with Crippen LogP contribution in [0.1, 0.15) is 25.8 Å². The molecule has 0 fully saturated rings. The molecule has 0 saturated heterocycles. The van der Waals surface area contributed by atoms with Gasteiger partial charge in [-0.15, -0.1) is 0 Å². The number of nitrogens with zero attached hydrogens (tertiary/aromatic N) is 1. The zero-order valence-electron chi connectivity index (χ0n) is 10.8. The predicted molar refractivity (Wildman–Crippen MR) is 64.0 cm³/mol. The van der Waals surface area contributed by atoms with Crippen LogP contribution >= 0.6 is 0 Å². The van der Waals surface area contributed by atoms with Crippen molar-refractivity contribution in [1.29, 1.82) is 5.26 Å². The molecule has 1 aromatic rings. The Bertz CT molecular complexity index is 562. The Hall–Kier alpha value is -2.10. The van der Waals surface area contributed by atoms with Crippen LogP contribution < -0.4 is 5.32 Å². The van der Waals surface area contributed by atoms with E-state index in [0.717, 1.165) is 6.07 Å². The lowest BCUT2D eigenvalue weighted by molar-refractivity contribution is -0.140. The van der Waals surface area contributed by atoms with Crippen LogP contribution in [0.2, 0.25) is 0 Å². The van der Waals surface area contributed by atoms with Gasteiger partial charge in [-0.1, -0.05) is 6.92 Å². The van der Waals surface area contributed by atoms with Gasteiger partial charge in [0.15, 0.2) is 0 Å². The van der Waals surface area contributed by atoms with Gasteiger partial charge in [-0.2, -0.15) is 18.4 Å². The molecule has 1 atom stereocenters. The average Bonchev–Trinajstić information content (AvgIpc) is 2.38. The molecule has 7 heteroatoms. The molecule has 0 radical (unpaired) electrons. The number of hydrogen-bond donors (Lipinski definition) is 1. The molecule has 20 heavy (non-hydrogen) atoms. The number of anilines is 1. The predicted octanol–water partition coefficient (Wildman–Crippen LogP) is 3.72. The van der Waals surface area contributed by atoms with Gasteiger partial charge in [0.1, 0.15) is 11.2 Å². The second-order valence-corrected chi connectivity index (χ2v) is 4.44. The second-order valence-electron chi connectivity index (χ2n) is 4.44. The first kappa shape index (κ1) is 16.0. The fourth-order valence-corrected chi connectivity index (χ4v) is 1.38. The summed E-state index contributed by atoms with van der Waals surface area (Å²) in [5.41, 5.74) is -3.03. The normalized spacial score (nSPS) is 14.2. The summed E-state index contributed by atoms with van der Waals surface area (Å²) in [5, 5.41) is 11.1. The number of nitrogens with one attached hydrogen (secondary N) is 1. The maximum Gasteiger partial charge on any atom is 0.419 e. The van der Waals surface area contributed by atoms with Crippen molar-refractivity contribution >= 4 is 11.6 Å². The molecule has 0 saturated carbocycles. The van der Waals surface area contributed by atoms with E-state index in [9.17, 15) is 22.4 Å². The van der Waals surface area contributed by atoms with Crippen LogP contribution in [0.5, 0.6) is 0 Å². The van der Waals surface area contributed by atoms with Gasteiger partial charge >= 0.3 is 6.18 Å². The van der Waals surface area contributed by atoms with Gasteiger partial charge in [-0.3, -0.25) is 4.79 Å². The summed E-state index contributed by atoms with van der Waals surface area (Å²) in [5.74, 6) is -2.16. The van der Waals surface area contributed by atoms with E-state index >= 15 is 0 Å². The van der Waals surface area contributed by atoms with Crippen molar-refractivity contribution in [1.82, 2.24) is 0 Å². The number of nitriles is 1. The minimum Gasteiger partial charge on any atom is -0.325 e. The number of rotatable bonds is 3. The highest BCUT2D eigenvalue weighted by atomic mass is 19.4. The summed E-state index contributed by atoms with van der Waals surface area (Å²) in [7, 11) is 0. The molecule has 0 aromatic heterocycles. The smallest absolute Gasteiger partial charge is 0.325 e. The second kappa shape index (κ2) is 5.49. The number of carbonyl (C=O) groups is 1. The van der Waals surface area contributed by atoms with Gasteiger partial charge in [-0.05, 0) is 31.5 Å². The zero-order chi connectivity index (χ0) is 15.6. The third kappa shape index (κ3) is 3.26. The van der Waals surface area contributed by atoms with E-state index in [1.165, 1.54) is 6.92 Å². The fourth-order valence-electron chi connectivity index (χ4n) is 1.38. The molecular formula is C13H12F4N2O. The Morgan fingerprint density at radius 2 is 2.00 bits per heavy atom. The third-order valence-electron chi connectivity index (χ3n) is 2.98. The van der Waals surface area contributed by atoms with Crippen molar-refractivity contribution in [2.24, 2.45) is 5.41 Å². The Kier molecular flexibility index (Phi) is 4.38. The van der Waals surface area contributed by atoms with Crippen molar-refractivity contribution in [3.05, 3.63) is 29.6 Å². The van der Waals surface area contributed by atoms with Crippen LogP contribution in [-0.2, 0) is 11.0 Å². The number of amides is 1. The molecular weight excluding hydrogens is 276 g/mol. The van der Waals surface area contributed by atoms with Gasteiger partial charge in [-0.25, -0.2) is 4.39 Å². The highest BCUT2D eigenvalue weighted by Gasteiger charge is 2.35. The molecule has 0 spiro atoms. The standard InChI is InChI=1S/C13H12F4N2O/c1-3-12(2,7-18)11(20)19-8-4-5-10(14)9(6-8)13(15,16)17/h4-6H,3H2,1-2H3,(H,19,20). The van der Waals surface area contributed by atoms with Gasteiger partial charge < -0.3 is 5.32 Å². The van der Waals surface area contributed by atoms with Crippen LogP contribution in [0.15, 0.2) is 18.2 Å². The van der Waals surface area contributed by atoms with Crippen molar-refractivity contribution in [2.45, 2.75) is 26.4 Å². The molecule has 1 N–H and O–H groups in total. The van der Waals surface area contributed by atoms with E-state index in [2.05, 4.69) is 5.32 Å². The molecule has 0 aliphatic rings. The van der Waals surface area contributed by atoms with Gasteiger partial charge in [0, 0.05) is 5.69 Å². The molecule has 0 aliphatic heterocycles. The van der Waals surface area contributed by atoms with Gasteiger partial charge in [0.2, 0.25) is 5.91 Å². The molecule has 0 aliphatic carbocycles. The molecule has 108 valence electrons. The summed E-state index contributed by atoms with van der Waals surface area (Å²) in [6.45, 7) is 2.98. The van der Waals surface area contributed by atoms with Crippen LogP contribution in [0.4, 0.5) is 23.2 Å². The summed E-state index contributed by atoms with van der Waals surface area (Å²) < 4.78 is 50.7. The monoisotopic (exact) mass is 288 g/mol. The lowest BCUT2D eigenvalue weighted by Gasteiger charge is -2.19. The highest BCUT2D eigenvalue weighted by molar-refractivity contribution is 5.96. The van der Waals surface area contributed by atoms with Crippen molar-refractivity contribution in [3.63, 3.8) is 0 Å². The summed E-state index contributed by atoms with van der Waals surface area (Å²) in [6.07, 6.45) is -4.66. The van der Waals surface area contributed by atoms with Gasteiger partial charge in [0.05, 0.1) is 11.6 Å². The van der Waals surface area contributed by atoms with E-state index in [1.54, 1.807) is 13.0 Å². The van der Waals surface area contributed by atoms with Crippen molar-refractivity contribution < 1.29 is 22.4 Å². The number of hydrogen-bond acceptors (Lipinski definition) is 2. The Labute approximate surface area is 113 Å². The van der Waals surface area contributed by atoms with E-state index in [0.29, 0.717) is 12.1 Å². The summed E-state index contributed by atoms with van der Waals surface area (Å²) in [4.78, 5) is 11.8. The first-order chi connectivity index (χ1) is 9.14. The largest absolute Gasteiger partial charge is 0.419 e. The molecule has 1 aromatic carbocycles. The minimum absolute atomic E-state index is 0.197. The van der Waals surface area contributed by atoms with Crippen LogP contribution in [0, 0.1) is 22.6 Å². The molecule has 1 unspecified atom stereocenters. The minimum atomic E-state index is -4.85. The summed E-state index contributed by atoms with van der Waals surface area (Å²) >= 11 is 0. The van der Waals surface area contributed by atoms with Crippen LogP contribution in [0.3, 0.4) is 0 Å². The van der Waals surface area contributed by atoms with Crippen LogP contribution in [-0.4, -0.2) is 5.91 Å². The topological polar surface area (TPSA) is 52.9 Å².